The molecular weight excluding hydrogens is 474 g/mol. The second-order valence-electron chi connectivity index (χ2n) is 6.45. The smallest absolute Gasteiger partial charge is 0.352 e. The first-order chi connectivity index (χ1) is 15.7. The third-order valence-electron chi connectivity index (χ3n) is 4.32. The Morgan fingerprint density at radius 2 is 2.21 bits per heavy atom. The molecule has 0 aromatic carbocycles. The number of anilines is 1. The van der Waals surface area contributed by atoms with Crippen LogP contribution < -0.4 is 11.1 Å². The molecule has 0 bridgehead atoms. The van der Waals surface area contributed by atoms with E-state index in [0.717, 1.165) is 16.2 Å². The molecule has 0 aliphatic carbocycles. The van der Waals surface area contributed by atoms with E-state index in [0.29, 0.717) is 5.57 Å². The molecule has 14 heteroatoms. The summed E-state index contributed by atoms with van der Waals surface area (Å²) in [5, 5.41) is 25.3. The van der Waals surface area contributed by atoms with Gasteiger partial charge in [-0.05, 0) is 24.6 Å². The summed E-state index contributed by atoms with van der Waals surface area (Å²) in [5.74, 6) is 1.60. The fraction of sp³-hybridized carbons (Fsp3) is 0.263. The molecule has 2 amide bonds. The Morgan fingerprint density at radius 3 is 2.82 bits per heavy atom. The number of nitrogens with two attached hydrogens (primary N) is 1. The Bertz CT molecular complexity index is 1160. The van der Waals surface area contributed by atoms with E-state index in [1.54, 1.807) is 13.0 Å². The van der Waals surface area contributed by atoms with Crippen molar-refractivity contribution in [2.45, 2.75) is 18.3 Å². The summed E-state index contributed by atoms with van der Waals surface area (Å²) < 4.78 is 0. The van der Waals surface area contributed by atoms with E-state index in [4.69, 9.17) is 10.8 Å². The number of amides is 2. The van der Waals surface area contributed by atoms with E-state index in [2.05, 4.69) is 32.1 Å². The lowest BCUT2D eigenvalue weighted by atomic mass is 10.0. The van der Waals surface area contributed by atoms with E-state index in [1.165, 1.54) is 23.2 Å². The Balaban J connectivity index is 1.80. The highest BCUT2D eigenvalue weighted by molar-refractivity contribution is 8.00. The second kappa shape index (κ2) is 10.2. The number of thioether (sulfide) groups is 1. The van der Waals surface area contributed by atoms with Gasteiger partial charge in [0, 0.05) is 11.1 Å². The van der Waals surface area contributed by atoms with Gasteiger partial charge in [-0.2, -0.15) is 0 Å². The highest BCUT2D eigenvalue weighted by Gasteiger charge is 2.54. The number of hydrogen-bond acceptors (Lipinski definition) is 10. The number of carboxylic acids is 2. The molecule has 2 atom stereocenters. The van der Waals surface area contributed by atoms with Gasteiger partial charge in [0.2, 0.25) is 6.61 Å². The summed E-state index contributed by atoms with van der Waals surface area (Å²) >= 11 is 2.30. The number of aliphatic carboxylic acids is 2. The summed E-state index contributed by atoms with van der Waals surface area (Å²) in [4.78, 5) is 57.8. The van der Waals surface area contributed by atoms with Crippen molar-refractivity contribution in [3.05, 3.63) is 34.5 Å². The number of carboxylic acid groups (broad SMARTS) is 2. The number of nitrogens with zero attached hydrogens (tertiary/aromatic N) is 3. The zero-order valence-corrected chi connectivity index (χ0v) is 18.6. The van der Waals surface area contributed by atoms with Gasteiger partial charge in [0.05, 0.1) is 0 Å². The van der Waals surface area contributed by atoms with Crippen LogP contribution in [0.2, 0.25) is 0 Å². The molecule has 3 heterocycles. The number of thiazole rings is 1. The van der Waals surface area contributed by atoms with Crippen molar-refractivity contribution in [1.82, 2.24) is 15.2 Å². The minimum atomic E-state index is -1.30. The molecule has 3 rings (SSSR count). The van der Waals surface area contributed by atoms with Gasteiger partial charge in [-0.3, -0.25) is 14.5 Å². The van der Waals surface area contributed by atoms with Crippen LogP contribution in [0.3, 0.4) is 0 Å². The molecule has 33 heavy (non-hydrogen) atoms. The fourth-order valence-electron chi connectivity index (χ4n) is 2.96. The molecule has 1 fully saturated rings. The van der Waals surface area contributed by atoms with Gasteiger partial charge in [0.25, 0.3) is 11.8 Å². The van der Waals surface area contributed by atoms with Crippen molar-refractivity contribution in [1.29, 1.82) is 0 Å². The van der Waals surface area contributed by atoms with Crippen LogP contribution in [-0.2, 0) is 24.0 Å². The van der Waals surface area contributed by atoms with Gasteiger partial charge in [-0.1, -0.05) is 11.1 Å². The van der Waals surface area contributed by atoms with Gasteiger partial charge in [-0.15, -0.1) is 29.0 Å². The Kier molecular flexibility index (Phi) is 7.36. The third-order valence-corrected chi connectivity index (χ3v) is 6.30. The van der Waals surface area contributed by atoms with Crippen LogP contribution >= 0.6 is 23.1 Å². The Labute approximate surface area is 195 Å². The standard InChI is InChI=1S/C19H17N5O7S2/c1-2-3-4-5-9-7-32-17-13(16(28)24(17)14(9)18(29)30)22-15(27)12(23-31-6-11(25)26)10-8-33-19(20)21-10/h4-5,8,13,17H,6-7H2,1H3,(H2,20,21)(H,22,27)(H,25,26)(H,29,30)/b5-4+,23-12-/t13-,17-/m1/s1. The van der Waals surface area contributed by atoms with Crippen LogP contribution in [0.4, 0.5) is 5.13 Å². The zero-order valence-electron chi connectivity index (χ0n) is 17.0. The van der Waals surface area contributed by atoms with Gasteiger partial charge in [0.1, 0.15) is 22.8 Å². The van der Waals surface area contributed by atoms with Crippen molar-refractivity contribution in [3.63, 3.8) is 0 Å². The Hall–Kier alpha value is -3.83. The molecule has 1 saturated heterocycles. The first kappa shape index (κ1) is 23.8. The topological polar surface area (TPSA) is 185 Å². The predicted molar refractivity (Wildman–Crippen MR) is 119 cm³/mol. The quantitative estimate of drug-likeness (QED) is 0.165. The maximum atomic E-state index is 12.8. The average molecular weight is 492 g/mol. The summed E-state index contributed by atoms with van der Waals surface area (Å²) in [6, 6.07) is -1.03. The average Bonchev–Trinajstić information content (AvgIpc) is 3.19. The van der Waals surface area contributed by atoms with Crippen LogP contribution in [0.1, 0.15) is 12.6 Å². The number of hydrogen-bond donors (Lipinski definition) is 4. The largest absolute Gasteiger partial charge is 0.479 e. The number of aromatic nitrogens is 1. The molecular formula is C19H17N5O7S2. The molecule has 1 aromatic rings. The number of nitrogen functional groups attached to an aromatic ring is 1. The molecule has 172 valence electrons. The lowest BCUT2D eigenvalue weighted by Gasteiger charge is -2.49. The molecule has 12 nitrogen and oxygen atoms in total. The first-order valence-electron chi connectivity index (χ1n) is 9.18. The number of carbonyl (C=O) groups is 4. The van der Waals surface area contributed by atoms with Crippen molar-refractivity contribution in [3.8, 4) is 11.8 Å². The number of nitrogens with one attached hydrogen (secondary N) is 1. The van der Waals surface area contributed by atoms with E-state index < -0.39 is 41.8 Å². The molecule has 2 aliphatic heterocycles. The highest BCUT2D eigenvalue weighted by atomic mass is 32.2. The number of fused-ring (bicyclic) bond motifs is 1. The van der Waals surface area contributed by atoms with Crippen molar-refractivity contribution in [2.24, 2.45) is 5.16 Å². The van der Waals surface area contributed by atoms with Gasteiger partial charge in [0.15, 0.2) is 10.8 Å². The molecule has 2 aliphatic rings. The minimum Gasteiger partial charge on any atom is -0.479 e. The van der Waals surface area contributed by atoms with Crippen LogP contribution in [-0.4, -0.2) is 73.3 Å². The maximum absolute atomic E-state index is 12.8. The summed E-state index contributed by atoms with van der Waals surface area (Å²) in [7, 11) is 0. The monoisotopic (exact) mass is 491 g/mol. The maximum Gasteiger partial charge on any atom is 0.352 e. The molecule has 0 saturated carbocycles. The van der Waals surface area contributed by atoms with Crippen LogP contribution in [0, 0.1) is 11.8 Å². The van der Waals surface area contributed by atoms with Crippen LogP contribution in [0.25, 0.3) is 0 Å². The van der Waals surface area contributed by atoms with Gasteiger partial charge in [-0.25, -0.2) is 14.6 Å². The van der Waals surface area contributed by atoms with Crippen molar-refractivity contribution in [2.75, 3.05) is 18.1 Å². The number of oxime groups is 1. The SMILES string of the molecule is CC#C/C=C/C1=C(C(=O)O)N2C(=O)[C@@H](NC(=O)/C(=N\OCC(=O)O)c3csc(N)n3)[C@H]2SC1. The second-order valence-corrected chi connectivity index (χ2v) is 8.44. The molecule has 5 N–H and O–H groups in total. The molecule has 0 radical (unpaired) electrons. The minimum absolute atomic E-state index is 0.0379. The fourth-order valence-corrected chi connectivity index (χ4v) is 4.83. The number of rotatable bonds is 8. The first-order valence-corrected chi connectivity index (χ1v) is 11.1. The van der Waals surface area contributed by atoms with E-state index in [-0.39, 0.29) is 28.0 Å². The van der Waals surface area contributed by atoms with Gasteiger partial charge < -0.3 is 26.1 Å². The summed E-state index contributed by atoms with van der Waals surface area (Å²) in [6.45, 7) is 0.843. The van der Waals surface area contributed by atoms with Crippen molar-refractivity contribution >= 4 is 57.7 Å². The summed E-state index contributed by atoms with van der Waals surface area (Å²) in [5.41, 5.74) is 5.51. The number of allylic oxidation sites excluding steroid dienone is 2. The van der Waals surface area contributed by atoms with Gasteiger partial charge >= 0.3 is 11.9 Å². The molecule has 1 aromatic heterocycles. The lowest BCUT2D eigenvalue weighted by molar-refractivity contribution is -0.150. The summed E-state index contributed by atoms with van der Waals surface area (Å²) in [6.07, 6.45) is 3.04. The normalized spacial score (nSPS) is 20.0. The highest BCUT2D eigenvalue weighted by Crippen LogP contribution is 2.40. The molecule has 0 unspecified atom stereocenters. The van der Waals surface area contributed by atoms with Crippen LogP contribution in [0.15, 0.2) is 34.0 Å². The number of carbonyl (C=O) groups excluding carboxylic acids is 2. The predicted octanol–water partition coefficient (Wildman–Crippen LogP) is -0.151. The lowest BCUT2D eigenvalue weighted by Crippen LogP contribution is -2.71. The third kappa shape index (κ3) is 5.16. The number of β-lactam (4-membered cyclic amide) rings is 1. The van der Waals surface area contributed by atoms with E-state index in [1.807, 2.05) is 0 Å². The van der Waals surface area contributed by atoms with Crippen LogP contribution in [0.5, 0.6) is 0 Å². The zero-order chi connectivity index (χ0) is 24.1. The van der Waals surface area contributed by atoms with Crippen molar-refractivity contribution < 1.29 is 34.2 Å². The Morgan fingerprint density at radius 1 is 1.45 bits per heavy atom. The molecule has 0 spiro atoms. The van der Waals surface area contributed by atoms with E-state index in [9.17, 15) is 24.3 Å². The van der Waals surface area contributed by atoms with E-state index >= 15 is 0 Å².